The lowest BCUT2D eigenvalue weighted by molar-refractivity contribution is 0.506. The van der Waals surface area contributed by atoms with Crippen LogP contribution in [0, 0.1) is 11.6 Å². The van der Waals surface area contributed by atoms with Crippen LogP contribution in [0.1, 0.15) is 18.4 Å². The van der Waals surface area contributed by atoms with Crippen LogP contribution >= 0.6 is 0 Å². The van der Waals surface area contributed by atoms with Crippen molar-refractivity contribution in [2.24, 2.45) is 5.73 Å². The first-order valence-corrected chi connectivity index (χ1v) is 6.56. The molecule has 1 unspecified atom stereocenters. The lowest BCUT2D eigenvalue weighted by atomic mass is 10.0. The first-order chi connectivity index (χ1) is 7.29. The Bertz CT molecular complexity index is 500. The summed E-state index contributed by atoms with van der Waals surface area (Å²) in [6.07, 6.45) is 0.769. The minimum absolute atomic E-state index is 0.115. The van der Waals surface area contributed by atoms with Crippen molar-refractivity contribution in [2.75, 3.05) is 12.8 Å². The van der Waals surface area contributed by atoms with E-state index in [1.54, 1.807) is 6.92 Å². The maximum Gasteiger partial charge on any atom is 0.181 e. The number of hydrogen-bond donors (Lipinski definition) is 1. The summed E-state index contributed by atoms with van der Waals surface area (Å²) in [5, 5.41) is 0. The Morgan fingerprint density at radius 2 is 1.94 bits per heavy atom. The molecule has 90 valence electrons. The summed E-state index contributed by atoms with van der Waals surface area (Å²) in [6, 6.07) is 2.16. The molecule has 0 aromatic heterocycles. The lowest BCUT2D eigenvalue weighted by Crippen LogP contribution is -2.14. The van der Waals surface area contributed by atoms with Crippen LogP contribution in [0.3, 0.4) is 0 Å². The molecule has 0 heterocycles. The second kappa shape index (κ2) is 4.47. The van der Waals surface area contributed by atoms with Crippen molar-refractivity contribution in [3.8, 4) is 0 Å². The van der Waals surface area contributed by atoms with Gasteiger partial charge in [-0.2, -0.15) is 0 Å². The predicted molar refractivity (Wildman–Crippen MR) is 56.9 cm³/mol. The van der Waals surface area contributed by atoms with Gasteiger partial charge in [0, 0.05) is 6.26 Å². The van der Waals surface area contributed by atoms with Crippen molar-refractivity contribution < 1.29 is 17.2 Å². The highest BCUT2D eigenvalue weighted by atomic mass is 32.2. The van der Waals surface area contributed by atoms with Crippen LogP contribution in [0.4, 0.5) is 8.78 Å². The number of benzene rings is 1. The number of halogens is 2. The first-order valence-electron chi connectivity index (χ1n) is 4.67. The zero-order chi connectivity index (χ0) is 12.5. The third-order valence-electron chi connectivity index (χ3n) is 2.33. The van der Waals surface area contributed by atoms with Gasteiger partial charge in [-0.25, -0.2) is 17.2 Å². The summed E-state index contributed by atoms with van der Waals surface area (Å²) in [6.45, 7) is 1.80. The molecular formula is C10H13F2NO2S. The molecule has 0 saturated heterocycles. The van der Waals surface area contributed by atoms with E-state index in [9.17, 15) is 17.2 Å². The first kappa shape index (κ1) is 13.1. The molecule has 0 aliphatic rings. The van der Waals surface area contributed by atoms with E-state index in [2.05, 4.69) is 0 Å². The monoisotopic (exact) mass is 249 g/mol. The Labute approximate surface area is 93.2 Å². The van der Waals surface area contributed by atoms with Gasteiger partial charge in [0.2, 0.25) is 0 Å². The Morgan fingerprint density at radius 3 is 2.38 bits per heavy atom. The Morgan fingerprint density at radius 1 is 1.38 bits per heavy atom. The fraction of sp³-hybridized carbons (Fsp3) is 0.400. The molecule has 0 amide bonds. The molecule has 0 aliphatic carbocycles. The summed E-state index contributed by atoms with van der Waals surface area (Å²) in [5.74, 6) is -2.48. The second-order valence-corrected chi connectivity index (χ2v) is 5.64. The van der Waals surface area contributed by atoms with E-state index < -0.39 is 26.4 Å². The lowest BCUT2D eigenvalue weighted by Gasteiger charge is -2.12. The van der Waals surface area contributed by atoms with E-state index in [0.29, 0.717) is 0 Å². The number of nitrogens with two attached hydrogens (primary N) is 1. The molecule has 3 nitrogen and oxygen atoms in total. The van der Waals surface area contributed by atoms with Crippen LogP contribution in [-0.2, 0) is 9.84 Å². The maximum absolute atomic E-state index is 13.8. The third-order valence-corrected chi connectivity index (χ3v) is 3.45. The molecule has 0 saturated carbocycles. The highest BCUT2D eigenvalue weighted by Crippen LogP contribution is 2.26. The number of rotatable bonds is 3. The standard InChI is InChI=1S/C10H13F2NO2S/c1-6(5-13)7-3-4-8(11)10(9(7)12)16(2,14)15/h3-4,6H,5,13H2,1-2H3. The van der Waals surface area contributed by atoms with Crippen LogP contribution in [0.25, 0.3) is 0 Å². The highest BCUT2D eigenvalue weighted by Gasteiger charge is 2.23. The van der Waals surface area contributed by atoms with Crippen molar-refractivity contribution in [3.63, 3.8) is 0 Å². The molecule has 0 fully saturated rings. The van der Waals surface area contributed by atoms with Crippen molar-refractivity contribution in [1.29, 1.82) is 0 Å². The largest absolute Gasteiger partial charge is 0.330 e. The Hall–Kier alpha value is -1.01. The topological polar surface area (TPSA) is 60.2 Å². The molecule has 16 heavy (non-hydrogen) atoms. The van der Waals surface area contributed by atoms with Crippen LogP contribution in [0.15, 0.2) is 17.0 Å². The van der Waals surface area contributed by atoms with Crippen LogP contribution < -0.4 is 5.73 Å². The van der Waals surface area contributed by atoms with E-state index in [0.717, 1.165) is 12.3 Å². The Kier molecular flexibility index (Phi) is 3.64. The molecule has 0 aliphatic heterocycles. The highest BCUT2D eigenvalue weighted by molar-refractivity contribution is 7.90. The molecule has 0 radical (unpaired) electrons. The zero-order valence-electron chi connectivity index (χ0n) is 9.00. The van der Waals surface area contributed by atoms with Crippen LogP contribution in [-0.4, -0.2) is 21.2 Å². The summed E-state index contributed by atoms with van der Waals surface area (Å²) >= 11 is 0. The van der Waals surface area contributed by atoms with Gasteiger partial charge in [0.15, 0.2) is 9.84 Å². The van der Waals surface area contributed by atoms with Crippen LogP contribution in [0.2, 0.25) is 0 Å². The van der Waals surface area contributed by atoms with Gasteiger partial charge in [-0.15, -0.1) is 0 Å². The molecule has 0 spiro atoms. The fourth-order valence-electron chi connectivity index (χ4n) is 1.40. The SMILES string of the molecule is CC(CN)c1ccc(F)c(S(C)(=O)=O)c1F. The molecule has 1 rings (SSSR count). The minimum atomic E-state index is -3.92. The van der Waals surface area contributed by atoms with E-state index in [1.165, 1.54) is 6.07 Å². The quantitative estimate of drug-likeness (QED) is 0.881. The fourth-order valence-corrected chi connectivity index (χ4v) is 2.26. The van der Waals surface area contributed by atoms with E-state index >= 15 is 0 Å². The summed E-state index contributed by atoms with van der Waals surface area (Å²) < 4.78 is 49.5. The second-order valence-electron chi connectivity index (χ2n) is 3.69. The van der Waals surface area contributed by atoms with Gasteiger partial charge in [0.05, 0.1) is 0 Å². The average molecular weight is 249 g/mol. The van der Waals surface area contributed by atoms with Gasteiger partial charge >= 0.3 is 0 Å². The number of sulfone groups is 1. The van der Waals surface area contributed by atoms with E-state index in [4.69, 9.17) is 5.73 Å². The summed E-state index contributed by atoms with van der Waals surface area (Å²) in [5.41, 5.74) is 5.48. The van der Waals surface area contributed by atoms with Crippen molar-refractivity contribution in [2.45, 2.75) is 17.7 Å². The van der Waals surface area contributed by atoms with Gasteiger partial charge in [-0.1, -0.05) is 13.0 Å². The van der Waals surface area contributed by atoms with Crippen molar-refractivity contribution in [1.82, 2.24) is 0 Å². The average Bonchev–Trinajstić information content (AvgIpc) is 2.14. The molecule has 2 N–H and O–H groups in total. The predicted octanol–water partition coefficient (Wildman–Crippen LogP) is 1.43. The maximum atomic E-state index is 13.8. The molecule has 1 aromatic carbocycles. The normalized spacial score (nSPS) is 13.8. The van der Waals surface area contributed by atoms with Crippen molar-refractivity contribution in [3.05, 3.63) is 29.3 Å². The molecule has 1 aromatic rings. The smallest absolute Gasteiger partial charge is 0.181 e. The summed E-state index contributed by atoms with van der Waals surface area (Å²) in [7, 11) is -3.92. The van der Waals surface area contributed by atoms with Gasteiger partial charge in [0.1, 0.15) is 16.5 Å². The molecular weight excluding hydrogens is 236 g/mol. The van der Waals surface area contributed by atoms with E-state index in [1.807, 2.05) is 0 Å². The Balaban J connectivity index is 3.51. The zero-order valence-corrected chi connectivity index (χ0v) is 9.81. The van der Waals surface area contributed by atoms with Crippen LogP contribution in [0.5, 0.6) is 0 Å². The van der Waals surface area contributed by atoms with Crippen molar-refractivity contribution >= 4 is 9.84 Å². The van der Waals surface area contributed by atoms with Gasteiger partial charge in [0.25, 0.3) is 0 Å². The van der Waals surface area contributed by atoms with E-state index in [-0.39, 0.29) is 18.0 Å². The molecule has 1 atom stereocenters. The van der Waals surface area contributed by atoms with Gasteiger partial charge in [-0.3, -0.25) is 0 Å². The molecule has 0 bridgehead atoms. The van der Waals surface area contributed by atoms with Gasteiger partial charge in [-0.05, 0) is 24.1 Å². The summed E-state index contributed by atoms with van der Waals surface area (Å²) in [4.78, 5) is -0.884. The van der Waals surface area contributed by atoms with Gasteiger partial charge < -0.3 is 5.73 Å². The number of hydrogen-bond acceptors (Lipinski definition) is 3. The minimum Gasteiger partial charge on any atom is -0.330 e. The third kappa shape index (κ3) is 2.38. The molecule has 6 heteroatoms.